The zero-order valence-corrected chi connectivity index (χ0v) is 10.7. The van der Waals surface area contributed by atoms with Crippen LogP contribution in [-0.2, 0) is 4.74 Å². The molecule has 2 N–H and O–H groups in total. The molecule has 18 heavy (non-hydrogen) atoms. The molecule has 0 amide bonds. The van der Waals surface area contributed by atoms with E-state index in [0.717, 1.165) is 23.6 Å². The average Bonchev–Trinajstić information content (AvgIpc) is 2.27. The van der Waals surface area contributed by atoms with Crippen LogP contribution in [0.2, 0.25) is 0 Å². The summed E-state index contributed by atoms with van der Waals surface area (Å²) in [5, 5.41) is 0. The molecule has 0 aromatic heterocycles. The molecule has 0 radical (unpaired) electrons. The Hall–Kier alpha value is -1.07. The topological polar surface area (TPSA) is 35.2 Å². The molecule has 102 valence electrons. The predicted molar refractivity (Wildman–Crippen MR) is 64.3 cm³/mol. The molecule has 0 spiro atoms. The highest BCUT2D eigenvalue weighted by atomic mass is 19.4. The Labute approximate surface area is 105 Å². The number of hydrogen-bond donors (Lipinski definition) is 1. The first-order valence-corrected chi connectivity index (χ1v) is 5.73. The Balaban J connectivity index is 2.66. The lowest BCUT2D eigenvalue weighted by Crippen LogP contribution is -2.31. The van der Waals surface area contributed by atoms with Crippen molar-refractivity contribution in [3.8, 4) is 0 Å². The van der Waals surface area contributed by atoms with Crippen molar-refractivity contribution in [3.63, 3.8) is 0 Å². The van der Waals surface area contributed by atoms with Gasteiger partial charge < -0.3 is 10.5 Å². The Kier molecular flexibility index (Phi) is 4.76. The third kappa shape index (κ3) is 3.99. The number of alkyl halides is 3. The van der Waals surface area contributed by atoms with Crippen LogP contribution in [0.25, 0.3) is 0 Å². The van der Waals surface area contributed by atoms with Crippen molar-refractivity contribution in [2.75, 3.05) is 6.61 Å². The third-order valence-corrected chi connectivity index (χ3v) is 2.82. The number of rotatable bonds is 4. The zero-order valence-electron chi connectivity index (χ0n) is 10.7. The van der Waals surface area contributed by atoms with E-state index in [1.165, 1.54) is 0 Å². The van der Waals surface area contributed by atoms with E-state index < -0.39 is 18.3 Å². The molecule has 1 rings (SSSR count). The first kappa shape index (κ1) is 15.0. The van der Waals surface area contributed by atoms with Gasteiger partial charge in [-0.3, -0.25) is 0 Å². The minimum atomic E-state index is -4.35. The van der Waals surface area contributed by atoms with Crippen molar-refractivity contribution in [1.29, 1.82) is 0 Å². The van der Waals surface area contributed by atoms with Crippen molar-refractivity contribution < 1.29 is 17.9 Å². The lowest BCUT2D eigenvalue weighted by Gasteiger charge is -2.20. The van der Waals surface area contributed by atoms with Gasteiger partial charge in [-0.05, 0) is 31.9 Å². The van der Waals surface area contributed by atoms with Gasteiger partial charge in [0.15, 0.2) is 6.10 Å². The van der Waals surface area contributed by atoms with Crippen LogP contribution in [0.3, 0.4) is 0 Å². The summed E-state index contributed by atoms with van der Waals surface area (Å²) >= 11 is 0. The summed E-state index contributed by atoms with van der Waals surface area (Å²) in [4.78, 5) is 0. The van der Waals surface area contributed by atoms with Crippen molar-refractivity contribution >= 4 is 0 Å². The van der Waals surface area contributed by atoms with Crippen LogP contribution in [0.5, 0.6) is 0 Å². The molecule has 0 aliphatic carbocycles. The summed E-state index contributed by atoms with van der Waals surface area (Å²) in [6.07, 6.45) is -6.14. The number of benzene rings is 1. The van der Waals surface area contributed by atoms with E-state index in [1.54, 1.807) is 0 Å². The van der Waals surface area contributed by atoms with E-state index in [2.05, 4.69) is 0 Å². The quantitative estimate of drug-likeness (QED) is 0.902. The highest BCUT2D eigenvalue weighted by molar-refractivity contribution is 5.32. The first-order valence-electron chi connectivity index (χ1n) is 5.73. The average molecular weight is 261 g/mol. The van der Waals surface area contributed by atoms with Gasteiger partial charge in [-0.1, -0.05) is 23.8 Å². The van der Waals surface area contributed by atoms with E-state index in [4.69, 9.17) is 10.5 Å². The van der Waals surface area contributed by atoms with Gasteiger partial charge >= 0.3 is 6.18 Å². The summed E-state index contributed by atoms with van der Waals surface area (Å²) in [5.41, 5.74) is 8.67. The highest BCUT2D eigenvalue weighted by Gasteiger charge is 2.37. The largest absolute Gasteiger partial charge is 0.414 e. The molecule has 0 aliphatic rings. The fourth-order valence-electron chi connectivity index (χ4n) is 1.59. The van der Waals surface area contributed by atoms with Crippen LogP contribution in [-0.4, -0.2) is 18.9 Å². The zero-order chi connectivity index (χ0) is 13.9. The summed E-state index contributed by atoms with van der Waals surface area (Å²) in [6.45, 7) is 4.62. The van der Waals surface area contributed by atoms with Gasteiger partial charge in [0.2, 0.25) is 0 Å². The minimum absolute atomic E-state index is 0.148. The molecule has 0 bridgehead atoms. The number of hydrogen-bond acceptors (Lipinski definition) is 2. The molecule has 2 atom stereocenters. The van der Waals surface area contributed by atoms with Crippen LogP contribution in [0.15, 0.2) is 18.2 Å². The number of nitrogens with two attached hydrogens (primary N) is 1. The summed E-state index contributed by atoms with van der Waals surface area (Å²) in [6, 6.07) is 5.17. The smallest absolute Gasteiger partial charge is 0.367 e. The molecule has 0 heterocycles. The molecule has 0 fully saturated rings. The van der Waals surface area contributed by atoms with Gasteiger partial charge in [0.1, 0.15) is 0 Å². The standard InChI is InChI=1S/C13H18F3NO/c1-8-4-5-9(2)11(6-8)12(17)7-18-10(3)13(14,15)16/h4-6,10,12H,7,17H2,1-3H3. The van der Waals surface area contributed by atoms with Crippen LogP contribution >= 0.6 is 0 Å². The van der Waals surface area contributed by atoms with Crippen molar-refractivity contribution in [2.24, 2.45) is 5.73 Å². The van der Waals surface area contributed by atoms with E-state index in [0.29, 0.717) is 0 Å². The van der Waals surface area contributed by atoms with Gasteiger partial charge in [-0.2, -0.15) is 13.2 Å². The summed E-state index contributed by atoms with van der Waals surface area (Å²) < 4.78 is 41.6. The Morgan fingerprint density at radius 2 is 1.89 bits per heavy atom. The maximum atomic E-state index is 12.3. The van der Waals surface area contributed by atoms with Crippen molar-refractivity contribution in [2.45, 2.75) is 39.1 Å². The molecule has 0 saturated carbocycles. The number of ether oxygens (including phenoxy) is 1. The summed E-state index contributed by atoms with van der Waals surface area (Å²) in [5.74, 6) is 0. The molecule has 2 unspecified atom stereocenters. The fraction of sp³-hybridized carbons (Fsp3) is 0.538. The van der Waals surface area contributed by atoms with Crippen molar-refractivity contribution in [3.05, 3.63) is 34.9 Å². The molecule has 0 aliphatic heterocycles. The van der Waals surface area contributed by atoms with E-state index in [1.807, 2.05) is 32.0 Å². The molecular formula is C13H18F3NO. The first-order chi connectivity index (χ1) is 8.21. The van der Waals surface area contributed by atoms with Gasteiger partial charge in [-0.15, -0.1) is 0 Å². The molecule has 0 saturated heterocycles. The van der Waals surface area contributed by atoms with Crippen LogP contribution in [0, 0.1) is 13.8 Å². The van der Waals surface area contributed by atoms with Gasteiger partial charge in [0.25, 0.3) is 0 Å². The predicted octanol–water partition coefficient (Wildman–Crippen LogP) is 3.27. The second kappa shape index (κ2) is 5.71. The minimum Gasteiger partial charge on any atom is -0.367 e. The van der Waals surface area contributed by atoms with Crippen LogP contribution in [0.1, 0.15) is 29.7 Å². The van der Waals surface area contributed by atoms with Crippen molar-refractivity contribution in [1.82, 2.24) is 0 Å². The molecule has 1 aromatic carbocycles. The lowest BCUT2D eigenvalue weighted by atomic mass is 10.00. The van der Waals surface area contributed by atoms with Gasteiger partial charge in [0.05, 0.1) is 12.6 Å². The Morgan fingerprint density at radius 1 is 1.28 bits per heavy atom. The van der Waals surface area contributed by atoms with E-state index >= 15 is 0 Å². The van der Waals surface area contributed by atoms with Gasteiger partial charge in [0, 0.05) is 0 Å². The molecule has 5 heteroatoms. The summed E-state index contributed by atoms with van der Waals surface area (Å²) in [7, 11) is 0. The maximum absolute atomic E-state index is 12.3. The SMILES string of the molecule is Cc1ccc(C)c(C(N)COC(C)C(F)(F)F)c1. The fourth-order valence-corrected chi connectivity index (χ4v) is 1.59. The Morgan fingerprint density at radius 3 is 2.44 bits per heavy atom. The monoisotopic (exact) mass is 261 g/mol. The molecule has 2 nitrogen and oxygen atoms in total. The van der Waals surface area contributed by atoms with E-state index in [9.17, 15) is 13.2 Å². The third-order valence-electron chi connectivity index (χ3n) is 2.82. The molecule has 1 aromatic rings. The second-order valence-corrected chi connectivity index (χ2v) is 4.48. The lowest BCUT2D eigenvalue weighted by molar-refractivity contribution is -0.215. The highest BCUT2D eigenvalue weighted by Crippen LogP contribution is 2.24. The second-order valence-electron chi connectivity index (χ2n) is 4.48. The van der Waals surface area contributed by atoms with E-state index in [-0.39, 0.29) is 6.61 Å². The number of aryl methyl sites for hydroxylation is 2. The van der Waals surface area contributed by atoms with Crippen LogP contribution in [0.4, 0.5) is 13.2 Å². The number of halogens is 3. The normalized spacial score (nSPS) is 15.5. The Bertz CT molecular complexity index is 404. The van der Waals surface area contributed by atoms with Crippen LogP contribution < -0.4 is 5.73 Å². The van der Waals surface area contributed by atoms with Gasteiger partial charge in [-0.25, -0.2) is 0 Å². The molecular weight excluding hydrogens is 243 g/mol. The maximum Gasteiger partial charge on any atom is 0.414 e.